The van der Waals surface area contributed by atoms with Gasteiger partial charge < -0.3 is 15.7 Å². The van der Waals surface area contributed by atoms with Gasteiger partial charge in [-0.1, -0.05) is 19.9 Å². The number of carbonyl (C=O) groups is 1. The number of rotatable bonds is 5. The van der Waals surface area contributed by atoms with Crippen LogP contribution in [0.2, 0.25) is 0 Å². The first kappa shape index (κ1) is 13.4. The second-order valence-corrected chi connectivity index (χ2v) is 4.48. The average molecular weight is 236 g/mol. The minimum absolute atomic E-state index is 0.271. The summed E-state index contributed by atoms with van der Waals surface area (Å²) in [6.07, 6.45) is 0. The third-order valence-electron chi connectivity index (χ3n) is 2.58. The van der Waals surface area contributed by atoms with Crippen LogP contribution in [0, 0.1) is 5.92 Å². The average Bonchev–Trinajstić information content (AvgIpc) is 2.25. The minimum Gasteiger partial charge on any atom is -0.478 e. The van der Waals surface area contributed by atoms with Crippen molar-refractivity contribution in [3.63, 3.8) is 0 Å². The van der Waals surface area contributed by atoms with E-state index < -0.39 is 5.97 Å². The number of aromatic carboxylic acids is 1. The molecule has 94 valence electrons. The van der Waals surface area contributed by atoms with Gasteiger partial charge in [-0.3, -0.25) is 0 Å². The van der Waals surface area contributed by atoms with Gasteiger partial charge in [0.2, 0.25) is 0 Å². The van der Waals surface area contributed by atoms with E-state index in [-0.39, 0.29) is 5.56 Å². The van der Waals surface area contributed by atoms with E-state index in [0.717, 1.165) is 13.1 Å². The van der Waals surface area contributed by atoms with E-state index in [1.165, 1.54) is 0 Å². The first-order valence-corrected chi connectivity index (χ1v) is 5.84. The van der Waals surface area contributed by atoms with E-state index in [2.05, 4.69) is 13.8 Å². The molecule has 0 bridgehead atoms. The molecular weight excluding hydrogens is 216 g/mol. The van der Waals surface area contributed by atoms with Crippen molar-refractivity contribution in [2.45, 2.75) is 20.8 Å². The Morgan fingerprint density at radius 2 is 2.12 bits per heavy atom. The Kier molecular flexibility index (Phi) is 4.37. The van der Waals surface area contributed by atoms with Gasteiger partial charge in [-0.25, -0.2) is 4.79 Å². The molecule has 4 nitrogen and oxygen atoms in total. The highest BCUT2D eigenvalue weighted by atomic mass is 16.4. The van der Waals surface area contributed by atoms with Crippen LogP contribution in [-0.4, -0.2) is 24.2 Å². The maximum atomic E-state index is 11.2. The Morgan fingerprint density at radius 3 is 2.59 bits per heavy atom. The predicted octanol–water partition coefficient (Wildman–Crippen LogP) is 2.45. The molecular formula is C13H20N2O2. The van der Waals surface area contributed by atoms with Crippen LogP contribution in [0.5, 0.6) is 0 Å². The van der Waals surface area contributed by atoms with Crippen LogP contribution in [0.15, 0.2) is 18.2 Å². The number of anilines is 2. The van der Waals surface area contributed by atoms with Crippen LogP contribution in [0.1, 0.15) is 31.1 Å². The van der Waals surface area contributed by atoms with Crippen molar-refractivity contribution in [2.24, 2.45) is 5.92 Å². The summed E-state index contributed by atoms with van der Waals surface area (Å²) in [5.41, 5.74) is 7.33. The van der Waals surface area contributed by atoms with Crippen molar-refractivity contribution in [1.82, 2.24) is 0 Å². The highest BCUT2D eigenvalue weighted by Gasteiger charge is 2.18. The predicted molar refractivity (Wildman–Crippen MR) is 70.5 cm³/mol. The number of nitrogens with zero attached hydrogens (tertiary/aromatic N) is 1. The highest BCUT2D eigenvalue weighted by molar-refractivity contribution is 5.98. The van der Waals surface area contributed by atoms with Crippen molar-refractivity contribution in [3.8, 4) is 0 Å². The van der Waals surface area contributed by atoms with Gasteiger partial charge in [0.25, 0.3) is 0 Å². The lowest BCUT2D eigenvalue weighted by atomic mass is 10.1. The third-order valence-corrected chi connectivity index (χ3v) is 2.58. The molecule has 0 aromatic heterocycles. The van der Waals surface area contributed by atoms with E-state index in [1.807, 2.05) is 11.8 Å². The van der Waals surface area contributed by atoms with E-state index in [9.17, 15) is 9.90 Å². The summed E-state index contributed by atoms with van der Waals surface area (Å²) in [5.74, 6) is -0.481. The fourth-order valence-electron chi connectivity index (χ4n) is 1.91. The molecule has 0 unspecified atom stereocenters. The van der Waals surface area contributed by atoms with Crippen LogP contribution in [0.3, 0.4) is 0 Å². The Bertz CT molecular complexity index is 402. The fraction of sp³-hybridized carbons (Fsp3) is 0.462. The summed E-state index contributed by atoms with van der Waals surface area (Å²) in [4.78, 5) is 13.2. The van der Waals surface area contributed by atoms with Gasteiger partial charge in [0.05, 0.1) is 16.9 Å². The van der Waals surface area contributed by atoms with Crippen LogP contribution in [0.4, 0.5) is 11.4 Å². The van der Waals surface area contributed by atoms with E-state index in [4.69, 9.17) is 5.73 Å². The molecule has 0 radical (unpaired) electrons. The minimum atomic E-state index is -0.936. The van der Waals surface area contributed by atoms with Crippen molar-refractivity contribution in [2.75, 3.05) is 23.7 Å². The van der Waals surface area contributed by atoms with Crippen LogP contribution >= 0.6 is 0 Å². The van der Waals surface area contributed by atoms with E-state index in [0.29, 0.717) is 17.3 Å². The molecule has 0 aliphatic carbocycles. The lowest BCUT2D eigenvalue weighted by molar-refractivity contribution is 0.0697. The molecule has 17 heavy (non-hydrogen) atoms. The number of hydrogen-bond acceptors (Lipinski definition) is 3. The van der Waals surface area contributed by atoms with E-state index in [1.54, 1.807) is 18.2 Å². The Morgan fingerprint density at radius 1 is 1.47 bits per heavy atom. The summed E-state index contributed by atoms with van der Waals surface area (Å²) >= 11 is 0. The quantitative estimate of drug-likeness (QED) is 0.771. The van der Waals surface area contributed by atoms with E-state index >= 15 is 0 Å². The van der Waals surface area contributed by atoms with Gasteiger partial charge >= 0.3 is 5.97 Å². The summed E-state index contributed by atoms with van der Waals surface area (Å²) < 4.78 is 0. The SMILES string of the molecule is CCN(CC(C)C)c1c(N)cccc1C(=O)O. The molecule has 0 aliphatic rings. The topological polar surface area (TPSA) is 66.6 Å². The van der Waals surface area contributed by atoms with Crippen LogP contribution in [0.25, 0.3) is 0 Å². The molecule has 0 fully saturated rings. The lowest BCUT2D eigenvalue weighted by Gasteiger charge is -2.27. The molecule has 1 rings (SSSR count). The zero-order valence-electron chi connectivity index (χ0n) is 10.6. The molecule has 3 N–H and O–H groups in total. The van der Waals surface area contributed by atoms with Gasteiger partial charge in [0.1, 0.15) is 0 Å². The van der Waals surface area contributed by atoms with Crippen LogP contribution < -0.4 is 10.6 Å². The summed E-state index contributed by atoms with van der Waals surface area (Å²) in [6, 6.07) is 5.01. The van der Waals surface area contributed by atoms with Crippen molar-refractivity contribution in [1.29, 1.82) is 0 Å². The number of para-hydroxylation sites is 1. The fourth-order valence-corrected chi connectivity index (χ4v) is 1.91. The maximum Gasteiger partial charge on any atom is 0.337 e. The summed E-state index contributed by atoms with van der Waals surface area (Å²) in [7, 11) is 0. The number of nitrogen functional groups attached to an aromatic ring is 1. The second kappa shape index (κ2) is 5.57. The van der Waals surface area contributed by atoms with Gasteiger partial charge in [0, 0.05) is 13.1 Å². The summed E-state index contributed by atoms with van der Waals surface area (Å²) in [5, 5.41) is 9.19. The zero-order valence-corrected chi connectivity index (χ0v) is 10.6. The monoisotopic (exact) mass is 236 g/mol. The highest BCUT2D eigenvalue weighted by Crippen LogP contribution is 2.28. The molecule has 1 aromatic rings. The Labute approximate surface area is 102 Å². The maximum absolute atomic E-state index is 11.2. The number of nitrogens with two attached hydrogens (primary N) is 1. The largest absolute Gasteiger partial charge is 0.478 e. The third kappa shape index (κ3) is 3.12. The standard InChI is InChI=1S/C13H20N2O2/c1-4-15(8-9(2)3)12-10(13(16)17)6-5-7-11(12)14/h5-7,9H,4,8,14H2,1-3H3,(H,16,17). The molecule has 0 saturated heterocycles. The zero-order chi connectivity index (χ0) is 13.0. The first-order chi connectivity index (χ1) is 7.97. The number of carboxylic acid groups (broad SMARTS) is 1. The number of hydrogen-bond donors (Lipinski definition) is 2. The molecule has 4 heteroatoms. The smallest absolute Gasteiger partial charge is 0.337 e. The molecule has 0 amide bonds. The van der Waals surface area contributed by atoms with Gasteiger partial charge in [-0.15, -0.1) is 0 Å². The Hall–Kier alpha value is -1.71. The number of carboxylic acids is 1. The van der Waals surface area contributed by atoms with Crippen molar-refractivity contribution < 1.29 is 9.90 Å². The van der Waals surface area contributed by atoms with Crippen LogP contribution in [-0.2, 0) is 0 Å². The molecule has 0 heterocycles. The molecule has 0 aliphatic heterocycles. The van der Waals surface area contributed by atoms with Gasteiger partial charge in [-0.2, -0.15) is 0 Å². The number of benzene rings is 1. The Balaban J connectivity index is 3.21. The molecule has 0 saturated carbocycles. The van der Waals surface area contributed by atoms with Crippen molar-refractivity contribution in [3.05, 3.63) is 23.8 Å². The molecule has 1 aromatic carbocycles. The van der Waals surface area contributed by atoms with Crippen molar-refractivity contribution >= 4 is 17.3 Å². The van der Waals surface area contributed by atoms with Gasteiger partial charge in [-0.05, 0) is 25.0 Å². The second-order valence-electron chi connectivity index (χ2n) is 4.48. The lowest BCUT2D eigenvalue weighted by Crippen LogP contribution is -2.29. The first-order valence-electron chi connectivity index (χ1n) is 5.84. The normalized spacial score (nSPS) is 10.6. The van der Waals surface area contributed by atoms with Gasteiger partial charge in [0.15, 0.2) is 0 Å². The summed E-state index contributed by atoms with van der Waals surface area (Å²) in [6.45, 7) is 7.74. The molecule has 0 spiro atoms. The molecule has 0 atom stereocenters.